The van der Waals surface area contributed by atoms with Gasteiger partial charge >= 0.3 is 12.0 Å². The van der Waals surface area contributed by atoms with Crippen molar-refractivity contribution in [1.82, 2.24) is 25.0 Å². The molecule has 1 aliphatic carbocycles. The molecule has 2 aliphatic heterocycles. The molecule has 3 unspecified atom stereocenters. The third-order valence-corrected chi connectivity index (χ3v) is 7.34. The number of carbonyl (C=O) groups is 4. The maximum atomic E-state index is 13.8. The molecule has 4 amide bonds. The molecule has 4 rings (SSSR count). The highest BCUT2D eigenvalue weighted by Crippen LogP contribution is 2.27. The molecule has 2 N–H and O–H groups in total. The molecule has 186 valence electrons. The Hall–Kier alpha value is -3.04. The third-order valence-electron chi connectivity index (χ3n) is 7.34. The largest absolute Gasteiger partial charge is 0.467 e. The van der Waals surface area contributed by atoms with Crippen LogP contribution in [0.5, 0.6) is 0 Å². The number of nitrogens with zero attached hydrogens (tertiary/aromatic N) is 3. The van der Waals surface area contributed by atoms with Crippen LogP contribution in [0.3, 0.4) is 0 Å². The summed E-state index contributed by atoms with van der Waals surface area (Å²) in [5, 5.41) is 6.00. The maximum Gasteiger partial charge on any atom is 0.328 e. The van der Waals surface area contributed by atoms with Crippen LogP contribution in [0.1, 0.15) is 61.9 Å². The van der Waals surface area contributed by atoms with Gasteiger partial charge in [0.15, 0.2) is 0 Å². The maximum absolute atomic E-state index is 13.8. The first-order valence-electron chi connectivity index (χ1n) is 12.3. The molecule has 3 aliphatic rings. The highest BCUT2D eigenvalue weighted by atomic mass is 16.5. The highest BCUT2D eigenvalue weighted by Gasteiger charge is 2.48. The molecule has 3 fully saturated rings. The Labute approximate surface area is 200 Å². The summed E-state index contributed by atoms with van der Waals surface area (Å²) in [5.41, 5.74) is 0.469. The van der Waals surface area contributed by atoms with Crippen LogP contribution in [0.25, 0.3) is 0 Å². The number of ether oxygens (including phenoxy) is 1. The van der Waals surface area contributed by atoms with E-state index < -0.39 is 24.1 Å². The topological polar surface area (TPSA) is 113 Å². The number of rotatable bonds is 5. The molecule has 2 saturated heterocycles. The molecular weight excluding hydrogens is 438 g/mol. The summed E-state index contributed by atoms with van der Waals surface area (Å²) >= 11 is 0. The average Bonchev–Trinajstić information content (AvgIpc) is 3.58. The fourth-order valence-corrected chi connectivity index (χ4v) is 5.53. The Morgan fingerprint density at radius 3 is 2.38 bits per heavy atom. The van der Waals surface area contributed by atoms with Crippen molar-refractivity contribution in [2.75, 3.05) is 20.2 Å². The summed E-state index contributed by atoms with van der Waals surface area (Å²) in [4.78, 5) is 55.3. The molecule has 0 aromatic carbocycles. The summed E-state index contributed by atoms with van der Waals surface area (Å²) in [6.07, 6.45) is 8.73. The number of hydrogen-bond donors (Lipinski definition) is 2. The van der Waals surface area contributed by atoms with Crippen molar-refractivity contribution >= 4 is 23.8 Å². The fourth-order valence-electron chi connectivity index (χ4n) is 5.53. The van der Waals surface area contributed by atoms with E-state index >= 15 is 0 Å². The summed E-state index contributed by atoms with van der Waals surface area (Å²) < 4.78 is 6.62. The van der Waals surface area contributed by atoms with Gasteiger partial charge in [-0.1, -0.05) is 19.3 Å². The second kappa shape index (κ2) is 10.5. The lowest BCUT2D eigenvalue weighted by atomic mass is 9.96. The van der Waals surface area contributed by atoms with Gasteiger partial charge in [0, 0.05) is 32.4 Å². The van der Waals surface area contributed by atoms with Crippen LogP contribution in [0.15, 0.2) is 18.3 Å². The van der Waals surface area contributed by atoms with Gasteiger partial charge in [-0.15, -0.1) is 0 Å². The minimum Gasteiger partial charge on any atom is -0.467 e. The lowest BCUT2D eigenvalue weighted by molar-refractivity contribution is -0.152. The van der Waals surface area contributed by atoms with E-state index in [-0.39, 0.29) is 23.9 Å². The van der Waals surface area contributed by atoms with Gasteiger partial charge in [0.25, 0.3) is 5.91 Å². The molecule has 0 bridgehead atoms. The minimum atomic E-state index is -0.884. The molecule has 3 atom stereocenters. The zero-order valence-corrected chi connectivity index (χ0v) is 20.0. The van der Waals surface area contributed by atoms with Crippen molar-refractivity contribution in [3.05, 3.63) is 24.0 Å². The first-order valence-corrected chi connectivity index (χ1v) is 12.3. The van der Waals surface area contributed by atoms with Crippen molar-refractivity contribution in [1.29, 1.82) is 0 Å². The monoisotopic (exact) mass is 473 g/mol. The van der Waals surface area contributed by atoms with Crippen LogP contribution >= 0.6 is 0 Å². The number of nitrogens with one attached hydrogen (secondary N) is 2. The smallest absolute Gasteiger partial charge is 0.328 e. The molecule has 34 heavy (non-hydrogen) atoms. The van der Waals surface area contributed by atoms with Gasteiger partial charge in [-0.05, 0) is 44.2 Å². The SMILES string of the molecule is COC(=O)C1CCCN1C(=O)C1C(NC(=O)NC2CCCCC2)CCN1C(=O)c1cccn1C. The van der Waals surface area contributed by atoms with Gasteiger partial charge in [-0.2, -0.15) is 0 Å². The number of likely N-dealkylation sites (tertiary alicyclic amines) is 2. The van der Waals surface area contributed by atoms with E-state index in [1.807, 2.05) is 0 Å². The Morgan fingerprint density at radius 2 is 1.71 bits per heavy atom. The zero-order chi connectivity index (χ0) is 24.2. The summed E-state index contributed by atoms with van der Waals surface area (Å²) in [6, 6.07) is 1.22. The van der Waals surface area contributed by atoms with Crippen molar-refractivity contribution < 1.29 is 23.9 Å². The number of aromatic nitrogens is 1. The van der Waals surface area contributed by atoms with Crippen LogP contribution in [0, 0.1) is 0 Å². The molecule has 0 spiro atoms. The van der Waals surface area contributed by atoms with Crippen LogP contribution in [-0.4, -0.2) is 82.5 Å². The van der Waals surface area contributed by atoms with Gasteiger partial charge in [-0.25, -0.2) is 9.59 Å². The van der Waals surface area contributed by atoms with Gasteiger partial charge < -0.3 is 29.7 Å². The van der Waals surface area contributed by atoms with E-state index in [1.54, 1.807) is 29.9 Å². The molecule has 1 aromatic rings. The van der Waals surface area contributed by atoms with Crippen molar-refractivity contribution in [2.45, 2.75) is 75.5 Å². The van der Waals surface area contributed by atoms with Crippen LogP contribution in [0.2, 0.25) is 0 Å². The molecule has 3 heterocycles. The first kappa shape index (κ1) is 24.1. The van der Waals surface area contributed by atoms with E-state index in [0.717, 1.165) is 25.7 Å². The number of amides is 4. The van der Waals surface area contributed by atoms with E-state index in [2.05, 4.69) is 10.6 Å². The number of carbonyl (C=O) groups excluding carboxylic acids is 4. The second-order valence-electron chi connectivity index (χ2n) is 9.51. The molecule has 10 nitrogen and oxygen atoms in total. The van der Waals surface area contributed by atoms with E-state index in [9.17, 15) is 19.2 Å². The Morgan fingerprint density at radius 1 is 0.941 bits per heavy atom. The van der Waals surface area contributed by atoms with Crippen molar-refractivity contribution in [3.63, 3.8) is 0 Å². The number of aryl methyl sites for hydroxylation is 1. The Bertz CT molecular complexity index is 925. The number of hydrogen-bond acceptors (Lipinski definition) is 5. The van der Waals surface area contributed by atoms with Gasteiger partial charge in [0.2, 0.25) is 5.91 Å². The lowest BCUT2D eigenvalue weighted by Crippen LogP contribution is -2.59. The summed E-state index contributed by atoms with van der Waals surface area (Å²) in [7, 11) is 3.09. The predicted molar refractivity (Wildman–Crippen MR) is 124 cm³/mol. The minimum absolute atomic E-state index is 0.132. The van der Waals surface area contributed by atoms with E-state index in [0.29, 0.717) is 38.0 Å². The van der Waals surface area contributed by atoms with Crippen molar-refractivity contribution in [3.8, 4) is 0 Å². The number of esters is 1. The van der Waals surface area contributed by atoms with Gasteiger partial charge in [0.05, 0.1) is 13.2 Å². The average molecular weight is 474 g/mol. The molecule has 10 heteroatoms. The van der Waals surface area contributed by atoms with E-state index in [1.165, 1.54) is 23.3 Å². The molecule has 1 aromatic heterocycles. The summed E-state index contributed by atoms with van der Waals surface area (Å²) in [5.74, 6) is -1.05. The van der Waals surface area contributed by atoms with Crippen LogP contribution in [0.4, 0.5) is 4.79 Å². The fraction of sp³-hybridized carbons (Fsp3) is 0.667. The second-order valence-corrected chi connectivity index (χ2v) is 9.51. The number of urea groups is 1. The van der Waals surface area contributed by atoms with E-state index in [4.69, 9.17) is 4.74 Å². The first-order chi connectivity index (χ1) is 16.4. The zero-order valence-electron chi connectivity index (χ0n) is 20.0. The normalized spacial score (nSPS) is 25.3. The molecule has 0 radical (unpaired) electrons. The third kappa shape index (κ3) is 4.90. The molecule has 1 saturated carbocycles. The lowest BCUT2D eigenvalue weighted by Gasteiger charge is -2.33. The molecular formula is C24H35N5O5. The standard InChI is InChI=1S/C24H35N5O5/c1-27-13-6-10-18(27)21(30)29-15-12-17(26-24(33)25-16-8-4-3-5-9-16)20(29)22(31)28-14-7-11-19(28)23(32)34-2/h6,10,13,16-17,19-20H,3-5,7-9,11-12,14-15H2,1-2H3,(H2,25,26,33). The van der Waals surface area contributed by atoms with Crippen LogP contribution < -0.4 is 10.6 Å². The predicted octanol–water partition coefficient (Wildman–Crippen LogP) is 1.40. The van der Waals surface area contributed by atoms with Crippen molar-refractivity contribution in [2.24, 2.45) is 7.05 Å². The van der Waals surface area contributed by atoms with Crippen LogP contribution in [-0.2, 0) is 21.4 Å². The Kier molecular flexibility index (Phi) is 7.43. The Balaban J connectivity index is 1.54. The number of methoxy groups -OCH3 is 1. The quantitative estimate of drug-likeness (QED) is 0.628. The van der Waals surface area contributed by atoms with Gasteiger partial charge in [0.1, 0.15) is 17.8 Å². The highest BCUT2D eigenvalue weighted by molar-refractivity contribution is 5.98. The van der Waals surface area contributed by atoms with Gasteiger partial charge in [-0.3, -0.25) is 9.59 Å². The summed E-state index contributed by atoms with van der Waals surface area (Å²) in [6.45, 7) is 0.758.